The van der Waals surface area contributed by atoms with Crippen molar-refractivity contribution in [2.75, 3.05) is 13.1 Å². The van der Waals surface area contributed by atoms with Crippen LogP contribution in [-0.2, 0) is 9.59 Å². The number of carboxylic acid groups (broad SMARTS) is 1. The summed E-state index contributed by atoms with van der Waals surface area (Å²) in [7, 11) is 0. The molecule has 0 saturated heterocycles. The molecule has 0 bridgehead atoms. The quantitative estimate of drug-likeness (QED) is 0.675. The highest BCUT2D eigenvalue weighted by Crippen LogP contribution is 2.25. The smallest absolute Gasteiger partial charge is 0.315 e. The Labute approximate surface area is 125 Å². The van der Waals surface area contributed by atoms with Crippen LogP contribution in [0.4, 0.5) is 4.79 Å². The summed E-state index contributed by atoms with van der Waals surface area (Å²) >= 11 is 0. The maximum Gasteiger partial charge on any atom is 0.315 e. The third kappa shape index (κ3) is 4.91. The molecule has 1 fully saturated rings. The van der Waals surface area contributed by atoms with Crippen LogP contribution in [0, 0.1) is 5.92 Å². The summed E-state index contributed by atoms with van der Waals surface area (Å²) in [4.78, 5) is 36.4. The highest BCUT2D eigenvalue weighted by Gasteiger charge is 2.31. The fraction of sp³-hybridized carbons (Fsp3) is 0.786. The first-order valence-electron chi connectivity index (χ1n) is 7.47. The molecule has 1 aliphatic carbocycles. The molecule has 3 unspecified atom stereocenters. The first kappa shape index (κ1) is 17.3. The second-order valence-corrected chi connectivity index (χ2v) is 5.40. The molecule has 3 atom stereocenters. The van der Waals surface area contributed by atoms with Gasteiger partial charge in [0.2, 0.25) is 5.91 Å². The van der Waals surface area contributed by atoms with Crippen LogP contribution in [0.1, 0.15) is 40.0 Å². The van der Waals surface area contributed by atoms with Crippen molar-refractivity contribution in [1.82, 2.24) is 15.5 Å². The molecule has 0 aromatic heterocycles. The van der Waals surface area contributed by atoms with Crippen LogP contribution in [0.15, 0.2) is 0 Å². The van der Waals surface area contributed by atoms with Gasteiger partial charge in [0.05, 0.1) is 5.92 Å². The van der Waals surface area contributed by atoms with E-state index < -0.39 is 18.0 Å². The topological polar surface area (TPSA) is 98.7 Å². The Bertz CT molecular complexity index is 396. The minimum absolute atomic E-state index is 0.120. The molecule has 7 heteroatoms. The van der Waals surface area contributed by atoms with Crippen LogP contribution in [0.5, 0.6) is 0 Å². The zero-order valence-corrected chi connectivity index (χ0v) is 12.9. The van der Waals surface area contributed by atoms with Crippen LogP contribution in [-0.4, -0.2) is 53.1 Å². The molecule has 0 aromatic carbocycles. The van der Waals surface area contributed by atoms with E-state index in [1.807, 2.05) is 13.8 Å². The number of rotatable bonds is 6. The zero-order valence-electron chi connectivity index (χ0n) is 12.9. The zero-order chi connectivity index (χ0) is 16.0. The largest absolute Gasteiger partial charge is 0.481 e. The van der Waals surface area contributed by atoms with Crippen LogP contribution in [0.3, 0.4) is 0 Å². The van der Waals surface area contributed by atoms with Crippen LogP contribution < -0.4 is 10.6 Å². The molecular formula is C14H25N3O4. The van der Waals surface area contributed by atoms with Gasteiger partial charge in [0.1, 0.15) is 6.04 Å². The average molecular weight is 299 g/mol. The Kier molecular flexibility index (Phi) is 6.45. The molecule has 21 heavy (non-hydrogen) atoms. The first-order chi connectivity index (χ1) is 9.88. The highest BCUT2D eigenvalue weighted by atomic mass is 16.4. The Morgan fingerprint density at radius 3 is 2.33 bits per heavy atom. The van der Waals surface area contributed by atoms with Crippen molar-refractivity contribution in [3.8, 4) is 0 Å². The Balaban J connectivity index is 2.40. The number of urea groups is 1. The molecular weight excluding hydrogens is 274 g/mol. The van der Waals surface area contributed by atoms with E-state index in [9.17, 15) is 14.4 Å². The summed E-state index contributed by atoms with van der Waals surface area (Å²) in [5.41, 5.74) is 0. The second kappa shape index (κ2) is 7.85. The van der Waals surface area contributed by atoms with Crippen molar-refractivity contribution in [3.63, 3.8) is 0 Å². The molecule has 3 N–H and O–H groups in total. The normalized spacial score (nSPS) is 22.4. The Hall–Kier alpha value is -1.79. The van der Waals surface area contributed by atoms with Crippen molar-refractivity contribution < 1.29 is 19.5 Å². The van der Waals surface area contributed by atoms with Gasteiger partial charge in [0.25, 0.3) is 0 Å². The molecule has 0 spiro atoms. The van der Waals surface area contributed by atoms with E-state index in [1.54, 1.807) is 11.8 Å². The Morgan fingerprint density at radius 1 is 1.24 bits per heavy atom. The number of carbonyl (C=O) groups is 3. The van der Waals surface area contributed by atoms with E-state index >= 15 is 0 Å². The molecule has 1 saturated carbocycles. The highest BCUT2D eigenvalue weighted by molar-refractivity contribution is 5.86. The molecule has 0 radical (unpaired) electrons. The van der Waals surface area contributed by atoms with Gasteiger partial charge in [-0.3, -0.25) is 9.59 Å². The Morgan fingerprint density at radius 2 is 1.86 bits per heavy atom. The average Bonchev–Trinajstić information content (AvgIpc) is 2.88. The SMILES string of the molecule is CCN(CC)C(=O)C(C)NC(=O)NC1CCC(C(=O)O)C1. The minimum Gasteiger partial charge on any atom is -0.481 e. The van der Waals surface area contributed by atoms with Gasteiger partial charge >= 0.3 is 12.0 Å². The predicted molar refractivity (Wildman–Crippen MR) is 77.8 cm³/mol. The van der Waals surface area contributed by atoms with Gasteiger partial charge in [-0.2, -0.15) is 0 Å². The lowest BCUT2D eigenvalue weighted by atomic mass is 10.1. The standard InChI is InChI=1S/C14H25N3O4/c1-4-17(5-2)12(18)9(3)15-14(21)16-11-7-6-10(8-11)13(19)20/h9-11H,4-8H2,1-3H3,(H,19,20)(H2,15,16,21). The number of nitrogens with zero attached hydrogens (tertiary/aromatic N) is 1. The van der Waals surface area contributed by atoms with Gasteiger partial charge in [-0.15, -0.1) is 0 Å². The molecule has 120 valence electrons. The van der Waals surface area contributed by atoms with Gasteiger partial charge in [0.15, 0.2) is 0 Å². The summed E-state index contributed by atoms with van der Waals surface area (Å²) in [5.74, 6) is -1.32. The first-order valence-corrected chi connectivity index (χ1v) is 7.47. The number of aliphatic carboxylic acids is 1. The molecule has 7 nitrogen and oxygen atoms in total. The van der Waals surface area contributed by atoms with Crippen LogP contribution in [0.25, 0.3) is 0 Å². The van der Waals surface area contributed by atoms with Crippen molar-refractivity contribution in [2.45, 2.75) is 52.1 Å². The van der Waals surface area contributed by atoms with E-state index in [4.69, 9.17) is 5.11 Å². The minimum atomic E-state index is -0.815. The second-order valence-electron chi connectivity index (χ2n) is 5.40. The summed E-state index contributed by atoms with van der Waals surface area (Å²) in [6, 6.07) is -1.15. The van der Waals surface area contributed by atoms with Crippen molar-refractivity contribution >= 4 is 17.9 Å². The molecule has 3 amide bonds. The number of nitrogens with one attached hydrogen (secondary N) is 2. The van der Waals surface area contributed by atoms with E-state index in [0.717, 1.165) is 0 Å². The lowest BCUT2D eigenvalue weighted by molar-refractivity contribution is -0.141. The lowest BCUT2D eigenvalue weighted by Gasteiger charge is -2.24. The van der Waals surface area contributed by atoms with E-state index in [-0.39, 0.29) is 17.9 Å². The number of amides is 3. The molecule has 0 aromatic rings. The van der Waals surface area contributed by atoms with Gasteiger partial charge in [-0.25, -0.2) is 4.79 Å². The molecule has 0 aliphatic heterocycles. The molecule has 0 heterocycles. The van der Waals surface area contributed by atoms with Crippen LogP contribution >= 0.6 is 0 Å². The van der Waals surface area contributed by atoms with Gasteiger partial charge in [-0.1, -0.05) is 0 Å². The number of hydrogen-bond acceptors (Lipinski definition) is 3. The van der Waals surface area contributed by atoms with Crippen molar-refractivity contribution in [2.24, 2.45) is 5.92 Å². The third-order valence-corrected chi connectivity index (χ3v) is 3.91. The predicted octanol–water partition coefficient (Wildman–Crippen LogP) is 0.796. The summed E-state index contributed by atoms with van der Waals surface area (Å²) in [6.07, 6.45) is 1.68. The number of carboxylic acids is 1. The van der Waals surface area contributed by atoms with Gasteiger partial charge in [0, 0.05) is 19.1 Å². The maximum absolute atomic E-state index is 12.0. The molecule has 1 rings (SSSR count). The fourth-order valence-corrected chi connectivity index (χ4v) is 2.63. The van der Waals surface area contributed by atoms with Gasteiger partial charge in [-0.05, 0) is 40.0 Å². The van der Waals surface area contributed by atoms with Gasteiger partial charge < -0.3 is 20.6 Å². The van der Waals surface area contributed by atoms with Crippen molar-refractivity contribution in [1.29, 1.82) is 0 Å². The third-order valence-electron chi connectivity index (χ3n) is 3.91. The number of hydrogen-bond donors (Lipinski definition) is 3. The summed E-state index contributed by atoms with van der Waals surface area (Å²) in [5, 5.41) is 14.3. The van der Waals surface area contributed by atoms with E-state index in [2.05, 4.69) is 10.6 Å². The fourth-order valence-electron chi connectivity index (χ4n) is 2.63. The number of likely N-dealkylation sites (N-methyl/N-ethyl adjacent to an activating group) is 1. The summed E-state index contributed by atoms with van der Waals surface area (Å²) < 4.78 is 0. The summed E-state index contributed by atoms with van der Waals surface area (Å²) in [6.45, 7) is 6.63. The van der Waals surface area contributed by atoms with Crippen molar-refractivity contribution in [3.05, 3.63) is 0 Å². The number of carbonyl (C=O) groups excluding carboxylic acids is 2. The van der Waals surface area contributed by atoms with E-state index in [0.29, 0.717) is 32.4 Å². The lowest BCUT2D eigenvalue weighted by Crippen LogP contribution is -2.51. The van der Waals surface area contributed by atoms with E-state index in [1.165, 1.54) is 0 Å². The van der Waals surface area contributed by atoms with Crippen LogP contribution in [0.2, 0.25) is 0 Å². The monoisotopic (exact) mass is 299 g/mol. The maximum atomic E-state index is 12.0. The molecule has 1 aliphatic rings.